The summed E-state index contributed by atoms with van der Waals surface area (Å²) in [6.45, 7) is 6.61. The first-order chi connectivity index (χ1) is 9.97. The molecule has 1 heterocycles. The van der Waals surface area contributed by atoms with E-state index in [0.29, 0.717) is 0 Å². The highest BCUT2D eigenvalue weighted by atomic mass is 14.7. The lowest BCUT2D eigenvalue weighted by atomic mass is 9.82. The molecule has 0 aliphatic rings. The molecule has 106 valence electrons. The summed E-state index contributed by atoms with van der Waals surface area (Å²) < 4.78 is 0. The third kappa shape index (κ3) is 2.49. The minimum absolute atomic E-state index is 0.0172. The lowest BCUT2D eigenvalue weighted by Crippen LogP contribution is -2.13. The number of aromatic nitrogens is 1. The largest absolute Gasteiger partial charge is 0.399 e. The van der Waals surface area contributed by atoms with E-state index in [1.165, 1.54) is 16.3 Å². The normalized spacial score (nSPS) is 11.8. The van der Waals surface area contributed by atoms with Crippen molar-refractivity contribution in [3.05, 3.63) is 60.3 Å². The van der Waals surface area contributed by atoms with Crippen LogP contribution in [-0.2, 0) is 5.41 Å². The number of nitrogen functional groups attached to an aromatic ring is 1. The molecule has 2 heteroatoms. The summed E-state index contributed by atoms with van der Waals surface area (Å²) in [7, 11) is 0. The van der Waals surface area contributed by atoms with Gasteiger partial charge in [0.25, 0.3) is 0 Å². The van der Waals surface area contributed by atoms with Crippen LogP contribution < -0.4 is 5.73 Å². The Bertz CT molecular complexity index is 793. The summed E-state index contributed by atoms with van der Waals surface area (Å²) in [5.74, 6) is 0. The minimum Gasteiger partial charge on any atom is -0.399 e. The van der Waals surface area contributed by atoms with E-state index < -0.39 is 0 Å². The average Bonchev–Trinajstić information content (AvgIpc) is 2.46. The molecule has 0 saturated heterocycles. The van der Waals surface area contributed by atoms with Gasteiger partial charge in [0.2, 0.25) is 0 Å². The Balaban J connectivity index is 2.34. The molecule has 3 aromatic rings. The lowest BCUT2D eigenvalue weighted by molar-refractivity contribution is 0.592. The van der Waals surface area contributed by atoms with Crippen LogP contribution in [0.3, 0.4) is 0 Å². The van der Waals surface area contributed by atoms with Crippen LogP contribution in [0.2, 0.25) is 0 Å². The molecule has 2 N–H and O–H groups in total. The van der Waals surface area contributed by atoms with Crippen LogP contribution >= 0.6 is 0 Å². The van der Waals surface area contributed by atoms with Gasteiger partial charge in [-0.05, 0) is 34.6 Å². The van der Waals surface area contributed by atoms with E-state index in [0.717, 1.165) is 16.9 Å². The molecule has 2 aromatic carbocycles. The first kappa shape index (κ1) is 13.6. The third-order valence-electron chi connectivity index (χ3n) is 3.78. The third-order valence-corrected chi connectivity index (χ3v) is 3.78. The van der Waals surface area contributed by atoms with Gasteiger partial charge in [-0.3, -0.25) is 4.98 Å². The number of rotatable bonds is 1. The van der Waals surface area contributed by atoms with Crippen LogP contribution in [0.5, 0.6) is 0 Å². The number of hydrogen-bond donors (Lipinski definition) is 1. The van der Waals surface area contributed by atoms with E-state index in [1.54, 1.807) is 0 Å². The van der Waals surface area contributed by atoms with E-state index in [4.69, 9.17) is 5.73 Å². The van der Waals surface area contributed by atoms with Crippen LogP contribution in [0, 0.1) is 0 Å². The molecule has 0 atom stereocenters. The maximum atomic E-state index is 5.99. The summed E-state index contributed by atoms with van der Waals surface area (Å²) in [6.07, 6.45) is 1.88. The summed E-state index contributed by atoms with van der Waals surface area (Å²) in [5, 5.41) is 2.38. The van der Waals surface area contributed by atoms with Crippen LogP contribution in [0.4, 0.5) is 5.69 Å². The first-order valence-corrected chi connectivity index (χ1v) is 7.21. The topological polar surface area (TPSA) is 38.9 Å². The molecule has 3 rings (SSSR count). The molecule has 0 unspecified atom stereocenters. The van der Waals surface area contributed by atoms with E-state index in [1.807, 2.05) is 18.3 Å². The van der Waals surface area contributed by atoms with Gasteiger partial charge in [-0.2, -0.15) is 0 Å². The molecule has 0 bridgehead atoms. The van der Waals surface area contributed by atoms with Crippen molar-refractivity contribution in [3.63, 3.8) is 0 Å². The summed E-state index contributed by atoms with van der Waals surface area (Å²) in [5.41, 5.74) is 10.2. The van der Waals surface area contributed by atoms with Crippen LogP contribution in [0.25, 0.3) is 22.0 Å². The Kier molecular flexibility index (Phi) is 3.17. The van der Waals surface area contributed by atoms with Gasteiger partial charge < -0.3 is 5.73 Å². The van der Waals surface area contributed by atoms with Crippen molar-refractivity contribution in [2.45, 2.75) is 26.2 Å². The van der Waals surface area contributed by atoms with E-state index in [9.17, 15) is 0 Å². The number of pyridine rings is 1. The highest BCUT2D eigenvalue weighted by Crippen LogP contribution is 2.36. The van der Waals surface area contributed by atoms with Crippen molar-refractivity contribution < 1.29 is 0 Å². The second kappa shape index (κ2) is 4.88. The predicted octanol–water partition coefficient (Wildman–Crippen LogP) is 4.78. The number of anilines is 1. The fourth-order valence-corrected chi connectivity index (χ4v) is 2.72. The molecule has 21 heavy (non-hydrogen) atoms. The van der Waals surface area contributed by atoms with E-state index >= 15 is 0 Å². The number of benzene rings is 2. The molecule has 0 amide bonds. The second-order valence-electron chi connectivity index (χ2n) is 6.44. The van der Waals surface area contributed by atoms with Gasteiger partial charge in [-0.25, -0.2) is 0 Å². The van der Waals surface area contributed by atoms with Gasteiger partial charge in [-0.15, -0.1) is 0 Å². The molecule has 0 aliphatic heterocycles. The zero-order valence-electron chi connectivity index (χ0n) is 12.7. The quantitative estimate of drug-likeness (QED) is 0.649. The smallest absolute Gasteiger partial charge is 0.0783 e. The van der Waals surface area contributed by atoms with Gasteiger partial charge in [0, 0.05) is 22.8 Å². The van der Waals surface area contributed by atoms with Crippen LogP contribution in [0.1, 0.15) is 26.3 Å². The second-order valence-corrected chi connectivity index (χ2v) is 6.44. The predicted molar refractivity (Wildman–Crippen MR) is 90.3 cm³/mol. The van der Waals surface area contributed by atoms with Crippen LogP contribution in [0.15, 0.2) is 54.7 Å². The fourth-order valence-electron chi connectivity index (χ4n) is 2.72. The first-order valence-electron chi connectivity index (χ1n) is 7.21. The number of fused-ring (bicyclic) bond motifs is 1. The standard InChI is InChI=1S/C19H20N2/c1-19(2,3)17-12-14(20)8-9-16(17)18-15-7-5-4-6-13(15)10-11-21-18/h4-12H,20H2,1-3H3. The molecule has 1 aromatic heterocycles. The van der Waals surface area contributed by atoms with E-state index in [2.05, 4.69) is 62.2 Å². The molecule has 0 fully saturated rings. The van der Waals surface area contributed by atoms with Gasteiger partial charge in [0.15, 0.2) is 0 Å². The molecular formula is C19H20N2. The number of hydrogen-bond acceptors (Lipinski definition) is 2. The van der Waals surface area contributed by atoms with Gasteiger partial charge in [0.1, 0.15) is 0 Å². The summed E-state index contributed by atoms with van der Waals surface area (Å²) in [4.78, 5) is 4.64. The monoisotopic (exact) mass is 276 g/mol. The molecule has 0 saturated carbocycles. The Labute approximate surface area is 125 Å². The maximum absolute atomic E-state index is 5.99. The Morgan fingerprint density at radius 1 is 0.952 bits per heavy atom. The Morgan fingerprint density at radius 3 is 2.48 bits per heavy atom. The highest BCUT2D eigenvalue weighted by Gasteiger charge is 2.20. The van der Waals surface area contributed by atoms with Crippen molar-refractivity contribution in [2.24, 2.45) is 0 Å². The summed E-state index contributed by atoms with van der Waals surface area (Å²) in [6, 6.07) is 16.5. The van der Waals surface area contributed by atoms with Gasteiger partial charge in [0.05, 0.1) is 5.69 Å². The average molecular weight is 276 g/mol. The Hall–Kier alpha value is -2.35. The van der Waals surface area contributed by atoms with E-state index in [-0.39, 0.29) is 5.41 Å². The summed E-state index contributed by atoms with van der Waals surface area (Å²) >= 11 is 0. The molecular weight excluding hydrogens is 256 g/mol. The highest BCUT2D eigenvalue weighted by molar-refractivity contribution is 5.95. The fraction of sp³-hybridized carbons (Fsp3) is 0.211. The van der Waals surface area contributed by atoms with Crippen molar-refractivity contribution in [1.82, 2.24) is 4.98 Å². The lowest BCUT2D eigenvalue weighted by Gasteiger charge is -2.23. The molecule has 0 aliphatic carbocycles. The molecule has 0 spiro atoms. The van der Waals surface area contributed by atoms with Crippen molar-refractivity contribution >= 4 is 16.5 Å². The molecule has 2 nitrogen and oxygen atoms in total. The van der Waals surface area contributed by atoms with Crippen molar-refractivity contribution in [2.75, 3.05) is 5.73 Å². The number of nitrogens with zero attached hydrogens (tertiary/aromatic N) is 1. The van der Waals surface area contributed by atoms with Gasteiger partial charge in [-0.1, -0.05) is 51.1 Å². The zero-order chi connectivity index (χ0) is 15.0. The maximum Gasteiger partial charge on any atom is 0.0783 e. The number of nitrogens with two attached hydrogens (primary N) is 1. The van der Waals surface area contributed by atoms with Crippen molar-refractivity contribution in [3.8, 4) is 11.3 Å². The van der Waals surface area contributed by atoms with Gasteiger partial charge >= 0.3 is 0 Å². The molecule has 0 radical (unpaired) electrons. The zero-order valence-corrected chi connectivity index (χ0v) is 12.7. The van der Waals surface area contributed by atoms with Crippen LogP contribution in [-0.4, -0.2) is 4.98 Å². The minimum atomic E-state index is 0.0172. The van der Waals surface area contributed by atoms with Crippen molar-refractivity contribution in [1.29, 1.82) is 0 Å². The SMILES string of the molecule is CC(C)(C)c1cc(N)ccc1-c1nccc2ccccc12. The Morgan fingerprint density at radius 2 is 1.71 bits per heavy atom.